The topological polar surface area (TPSA) is 139 Å². The minimum atomic E-state index is -3.91. The van der Waals surface area contributed by atoms with Gasteiger partial charge >= 0.3 is 0 Å². The number of carbonyl (C=O) groups excluding carboxylic acids is 2. The van der Waals surface area contributed by atoms with Crippen LogP contribution in [0.1, 0.15) is 19.8 Å². The summed E-state index contributed by atoms with van der Waals surface area (Å²) >= 11 is 0. The van der Waals surface area contributed by atoms with Gasteiger partial charge in [0.1, 0.15) is 0 Å². The van der Waals surface area contributed by atoms with Crippen molar-refractivity contribution >= 4 is 33.3 Å². The Labute approximate surface area is 190 Å². The van der Waals surface area contributed by atoms with Crippen molar-refractivity contribution in [2.75, 3.05) is 23.3 Å². The molecule has 2 aromatic heterocycles. The first-order valence-corrected chi connectivity index (χ1v) is 11.8. The fraction of sp³-hybridized carbons (Fsp3) is 0.286. The molecular weight excluding hydrogens is 446 g/mol. The van der Waals surface area contributed by atoms with E-state index in [2.05, 4.69) is 25.5 Å². The molecule has 1 fully saturated rings. The van der Waals surface area contributed by atoms with Gasteiger partial charge in [0, 0.05) is 44.0 Å². The zero-order chi connectivity index (χ0) is 23.4. The van der Waals surface area contributed by atoms with Gasteiger partial charge < -0.3 is 10.2 Å². The fourth-order valence-corrected chi connectivity index (χ4v) is 4.58. The molecule has 1 aromatic carbocycles. The van der Waals surface area contributed by atoms with Gasteiger partial charge in [-0.1, -0.05) is 0 Å². The zero-order valence-corrected chi connectivity index (χ0v) is 18.7. The number of aromatic nitrogens is 4. The van der Waals surface area contributed by atoms with Crippen molar-refractivity contribution in [2.45, 2.75) is 24.7 Å². The predicted octanol–water partition coefficient (Wildman–Crippen LogP) is 1.34. The van der Waals surface area contributed by atoms with Crippen molar-refractivity contribution < 1.29 is 18.0 Å². The molecule has 3 aromatic rings. The molecule has 0 radical (unpaired) electrons. The summed E-state index contributed by atoms with van der Waals surface area (Å²) in [6, 6.07) is 11.2. The summed E-state index contributed by atoms with van der Waals surface area (Å²) in [4.78, 5) is 25.7. The number of nitrogens with zero attached hydrogens (tertiary/aromatic N) is 5. The largest absolute Gasteiger partial charge is 0.355 e. The van der Waals surface area contributed by atoms with Gasteiger partial charge in [-0.3, -0.25) is 9.59 Å². The van der Waals surface area contributed by atoms with Crippen molar-refractivity contribution in [1.82, 2.24) is 24.7 Å². The van der Waals surface area contributed by atoms with Gasteiger partial charge in [0.25, 0.3) is 10.0 Å². The van der Waals surface area contributed by atoms with E-state index in [1.807, 2.05) is 22.9 Å². The standard InChI is InChI=1S/C21H23N7O4S/c1-15(29)26-33(31,32)18-5-3-17(4-6-18)23-21(30)16-9-13-27(14-10-16)19-7-8-20(25-24-19)28-12-2-11-22-28/h2-8,11-12,16H,9-10,13-14H2,1H3,(H,23,30)(H,26,29). The van der Waals surface area contributed by atoms with Crippen LogP contribution in [-0.2, 0) is 19.6 Å². The summed E-state index contributed by atoms with van der Waals surface area (Å²) < 4.78 is 27.6. The van der Waals surface area contributed by atoms with E-state index in [1.165, 1.54) is 24.3 Å². The molecule has 3 heterocycles. The van der Waals surface area contributed by atoms with E-state index in [4.69, 9.17) is 0 Å². The van der Waals surface area contributed by atoms with Gasteiger partial charge in [0.05, 0.1) is 4.90 Å². The van der Waals surface area contributed by atoms with Crippen LogP contribution >= 0.6 is 0 Å². The molecule has 33 heavy (non-hydrogen) atoms. The smallest absolute Gasteiger partial charge is 0.264 e. The van der Waals surface area contributed by atoms with E-state index in [0.29, 0.717) is 37.4 Å². The lowest BCUT2D eigenvalue weighted by atomic mass is 9.96. The number of piperidine rings is 1. The number of nitrogens with one attached hydrogen (secondary N) is 2. The Balaban J connectivity index is 1.31. The second-order valence-electron chi connectivity index (χ2n) is 7.64. The molecule has 1 aliphatic rings. The van der Waals surface area contributed by atoms with Crippen molar-refractivity contribution in [1.29, 1.82) is 0 Å². The number of benzene rings is 1. The zero-order valence-electron chi connectivity index (χ0n) is 17.9. The van der Waals surface area contributed by atoms with Crippen LogP contribution in [0.3, 0.4) is 0 Å². The van der Waals surface area contributed by atoms with Crippen LogP contribution in [0, 0.1) is 5.92 Å². The number of carbonyl (C=O) groups is 2. The van der Waals surface area contributed by atoms with Crippen molar-refractivity contribution in [2.24, 2.45) is 5.92 Å². The Morgan fingerprint density at radius 2 is 1.67 bits per heavy atom. The van der Waals surface area contributed by atoms with E-state index >= 15 is 0 Å². The lowest BCUT2D eigenvalue weighted by molar-refractivity contribution is -0.120. The van der Waals surface area contributed by atoms with E-state index in [1.54, 1.807) is 17.1 Å². The molecule has 0 atom stereocenters. The Morgan fingerprint density at radius 3 is 2.24 bits per heavy atom. The molecule has 0 spiro atoms. The number of rotatable bonds is 6. The molecule has 11 nitrogen and oxygen atoms in total. The van der Waals surface area contributed by atoms with Gasteiger partial charge in [0.15, 0.2) is 11.6 Å². The molecule has 4 rings (SSSR count). The van der Waals surface area contributed by atoms with E-state index < -0.39 is 15.9 Å². The number of hydrogen-bond acceptors (Lipinski definition) is 8. The minimum Gasteiger partial charge on any atom is -0.355 e. The molecule has 172 valence electrons. The normalized spacial score (nSPS) is 14.6. The Morgan fingerprint density at radius 1 is 1.00 bits per heavy atom. The van der Waals surface area contributed by atoms with E-state index in [0.717, 1.165) is 12.7 Å². The average Bonchev–Trinajstić information content (AvgIpc) is 3.34. The van der Waals surface area contributed by atoms with E-state index in [9.17, 15) is 18.0 Å². The first kappa shape index (κ1) is 22.4. The Hall–Kier alpha value is -3.80. The third-order valence-electron chi connectivity index (χ3n) is 5.28. The van der Waals surface area contributed by atoms with Gasteiger partial charge in [-0.15, -0.1) is 10.2 Å². The summed E-state index contributed by atoms with van der Waals surface area (Å²) in [6.07, 6.45) is 4.78. The molecule has 1 saturated heterocycles. The quantitative estimate of drug-likeness (QED) is 0.551. The fourth-order valence-electron chi connectivity index (χ4n) is 3.59. The van der Waals surface area contributed by atoms with Crippen LogP contribution in [-0.4, -0.2) is 53.3 Å². The minimum absolute atomic E-state index is 0.0521. The molecule has 2 N–H and O–H groups in total. The maximum atomic E-state index is 12.7. The van der Waals surface area contributed by atoms with Crippen LogP contribution < -0.4 is 14.9 Å². The first-order chi connectivity index (χ1) is 15.8. The first-order valence-electron chi connectivity index (χ1n) is 10.3. The van der Waals surface area contributed by atoms with Crippen LogP contribution in [0.2, 0.25) is 0 Å². The second kappa shape index (κ2) is 9.36. The third kappa shape index (κ3) is 5.34. The molecule has 0 unspecified atom stereocenters. The molecular formula is C21H23N7O4S. The van der Waals surface area contributed by atoms with E-state index in [-0.39, 0.29) is 16.7 Å². The van der Waals surface area contributed by atoms with Crippen LogP contribution in [0.4, 0.5) is 11.5 Å². The highest BCUT2D eigenvalue weighted by Gasteiger charge is 2.26. The highest BCUT2D eigenvalue weighted by Crippen LogP contribution is 2.23. The monoisotopic (exact) mass is 469 g/mol. The molecule has 0 aliphatic carbocycles. The number of sulfonamides is 1. The van der Waals surface area contributed by atoms with Gasteiger partial charge in [-0.2, -0.15) is 5.10 Å². The summed E-state index contributed by atoms with van der Waals surface area (Å²) in [7, 11) is -3.91. The Bertz CT molecular complexity index is 1220. The third-order valence-corrected chi connectivity index (χ3v) is 6.72. The van der Waals surface area contributed by atoms with Gasteiger partial charge in [-0.05, 0) is 55.3 Å². The molecule has 0 bridgehead atoms. The van der Waals surface area contributed by atoms with Gasteiger partial charge in [-0.25, -0.2) is 17.8 Å². The summed E-state index contributed by atoms with van der Waals surface area (Å²) in [6.45, 7) is 2.46. The maximum absolute atomic E-state index is 12.7. The molecule has 1 aliphatic heterocycles. The molecule has 0 saturated carbocycles. The van der Waals surface area contributed by atoms with Crippen LogP contribution in [0.15, 0.2) is 59.8 Å². The lowest BCUT2D eigenvalue weighted by Crippen LogP contribution is -2.38. The predicted molar refractivity (Wildman–Crippen MR) is 120 cm³/mol. The van der Waals surface area contributed by atoms with Crippen molar-refractivity contribution in [3.05, 3.63) is 54.9 Å². The highest BCUT2D eigenvalue weighted by atomic mass is 32.2. The lowest BCUT2D eigenvalue weighted by Gasteiger charge is -2.31. The average molecular weight is 470 g/mol. The number of amides is 2. The molecule has 12 heteroatoms. The van der Waals surface area contributed by atoms with Crippen LogP contribution in [0.25, 0.3) is 5.82 Å². The molecule has 2 amide bonds. The summed E-state index contributed by atoms with van der Waals surface area (Å²) in [5.74, 6) is 0.431. The Kier molecular flexibility index (Phi) is 6.36. The number of anilines is 2. The highest BCUT2D eigenvalue weighted by molar-refractivity contribution is 7.90. The van der Waals surface area contributed by atoms with Gasteiger partial charge in [0.2, 0.25) is 11.8 Å². The SMILES string of the molecule is CC(=O)NS(=O)(=O)c1ccc(NC(=O)C2CCN(c3ccc(-n4cccn4)nn3)CC2)cc1. The summed E-state index contributed by atoms with van der Waals surface area (Å²) in [5, 5.41) is 15.5. The van der Waals surface area contributed by atoms with Crippen molar-refractivity contribution in [3.8, 4) is 5.82 Å². The summed E-state index contributed by atoms with van der Waals surface area (Å²) in [5.41, 5.74) is 0.490. The number of hydrogen-bond donors (Lipinski definition) is 2. The van der Waals surface area contributed by atoms with Crippen molar-refractivity contribution in [3.63, 3.8) is 0 Å². The van der Waals surface area contributed by atoms with Crippen LogP contribution in [0.5, 0.6) is 0 Å². The maximum Gasteiger partial charge on any atom is 0.264 e. The second-order valence-corrected chi connectivity index (χ2v) is 9.32.